The summed E-state index contributed by atoms with van der Waals surface area (Å²) in [5.41, 5.74) is 0.929. The van der Waals surface area contributed by atoms with Crippen LogP contribution in [0.2, 0.25) is 0 Å². The summed E-state index contributed by atoms with van der Waals surface area (Å²) in [6, 6.07) is 6.89. The lowest BCUT2D eigenvalue weighted by atomic mass is 10.1. The minimum atomic E-state index is -0.222. The van der Waals surface area contributed by atoms with Crippen molar-refractivity contribution in [1.82, 2.24) is 15.5 Å². The van der Waals surface area contributed by atoms with Crippen molar-refractivity contribution < 1.29 is 9.13 Å². The van der Waals surface area contributed by atoms with Crippen LogP contribution in [0.4, 0.5) is 4.39 Å². The van der Waals surface area contributed by atoms with Crippen LogP contribution in [-0.2, 0) is 4.74 Å². The highest BCUT2D eigenvalue weighted by atomic mass is 127. The number of ether oxygens (including phenoxy) is 1. The zero-order chi connectivity index (χ0) is 16.5. The van der Waals surface area contributed by atoms with Gasteiger partial charge in [0, 0.05) is 26.7 Å². The Labute approximate surface area is 155 Å². The van der Waals surface area contributed by atoms with Crippen molar-refractivity contribution in [2.24, 2.45) is 4.99 Å². The molecule has 0 aliphatic carbocycles. The lowest BCUT2D eigenvalue weighted by molar-refractivity contribution is 0.179. The quantitative estimate of drug-likeness (QED) is 0.390. The third kappa shape index (κ3) is 7.94. The number of rotatable bonds is 7. The number of aliphatic imine (C=N–C) groups is 1. The molecule has 2 N–H and O–H groups in total. The van der Waals surface area contributed by atoms with Crippen LogP contribution < -0.4 is 10.6 Å². The Morgan fingerprint density at radius 2 is 2.09 bits per heavy atom. The van der Waals surface area contributed by atoms with Gasteiger partial charge in [-0.05, 0) is 38.7 Å². The summed E-state index contributed by atoms with van der Waals surface area (Å²) in [6.45, 7) is 3.24. The molecule has 0 radical (unpaired) electrons. The maximum atomic E-state index is 13.4. The fraction of sp³-hybridized carbons (Fsp3) is 0.562. The van der Waals surface area contributed by atoms with E-state index in [4.69, 9.17) is 4.74 Å². The van der Waals surface area contributed by atoms with Gasteiger partial charge in [-0.25, -0.2) is 4.39 Å². The molecule has 0 aliphatic rings. The van der Waals surface area contributed by atoms with Gasteiger partial charge in [0.2, 0.25) is 0 Å². The first-order valence-corrected chi connectivity index (χ1v) is 7.36. The molecule has 132 valence electrons. The van der Waals surface area contributed by atoms with Crippen molar-refractivity contribution in [2.75, 3.05) is 41.4 Å². The van der Waals surface area contributed by atoms with Crippen molar-refractivity contribution in [2.45, 2.75) is 19.0 Å². The molecule has 2 unspecified atom stereocenters. The highest BCUT2D eigenvalue weighted by Gasteiger charge is 2.15. The first kappa shape index (κ1) is 22.1. The molecule has 0 aromatic heterocycles. The van der Waals surface area contributed by atoms with Gasteiger partial charge in [-0.3, -0.25) is 4.99 Å². The van der Waals surface area contributed by atoms with Gasteiger partial charge in [-0.2, -0.15) is 0 Å². The smallest absolute Gasteiger partial charge is 0.191 e. The number of guanidine groups is 1. The second-order valence-electron chi connectivity index (χ2n) is 5.49. The number of halogens is 2. The summed E-state index contributed by atoms with van der Waals surface area (Å²) >= 11 is 0. The lowest BCUT2D eigenvalue weighted by Gasteiger charge is -2.26. The molecule has 1 rings (SSSR count). The van der Waals surface area contributed by atoms with Gasteiger partial charge in [0.1, 0.15) is 5.82 Å². The molecule has 1 aromatic carbocycles. The largest absolute Gasteiger partial charge is 0.383 e. The van der Waals surface area contributed by atoms with Crippen molar-refractivity contribution in [3.05, 3.63) is 35.6 Å². The molecule has 1 aromatic rings. The average Bonchev–Trinajstić information content (AvgIpc) is 2.46. The van der Waals surface area contributed by atoms with Gasteiger partial charge in [-0.15, -0.1) is 24.0 Å². The maximum absolute atomic E-state index is 13.4. The number of hydrogen-bond donors (Lipinski definition) is 2. The molecule has 0 amide bonds. The number of benzene rings is 1. The van der Waals surface area contributed by atoms with Crippen molar-refractivity contribution >= 4 is 29.9 Å². The Bertz CT molecular complexity index is 485. The Kier molecular flexibility index (Phi) is 11.1. The predicted molar refractivity (Wildman–Crippen MR) is 104 cm³/mol. The lowest BCUT2D eigenvalue weighted by Crippen LogP contribution is -2.46. The normalized spacial score (nSPS) is 14.1. The van der Waals surface area contributed by atoms with Gasteiger partial charge in [-0.1, -0.05) is 12.1 Å². The third-order valence-corrected chi connectivity index (χ3v) is 3.34. The fourth-order valence-corrected chi connectivity index (χ4v) is 2.23. The molecule has 0 heterocycles. The summed E-state index contributed by atoms with van der Waals surface area (Å²) < 4.78 is 18.5. The Morgan fingerprint density at radius 1 is 1.39 bits per heavy atom. The van der Waals surface area contributed by atoms with E-state index in [1.165, 1.54) is 6.07 Å². The number of nitrogens with zero attached hydrogens (tertiary/aromatic N) is 2. The number of methoxy groups -OCH3 is 1. The zero-order valence-corrected chi connectivity index (χ0v) is 16.8. The van der Waals surface area contributed by atoms with Crippen molar-refractivity contribution in [3.63, 3.8) is 0 Å². The molecule has 0 saturated carbocycles. The second kappa shape index (κ2) is 11.6. The fourth-order valence-electron chi connectivity index (χ4n) is 2.23. The van der Waals surface area contributed by atoms with E-state index in [0.717, 1.165) is 5.56 Å². The van der Waals surface area contributed by atoms with Gasteiger partial charge in [0.25, 0.3) is 0 Å². The molecular formula is C16H28FIN4O. The first-order valence-electron chi connectivity index (χ1n) is 7.36. The average molecular weight is 438 g/mol. The summed E-state index contributed by atoms with van der Waals surface area (Å²) in [5, 5.41) is 6.52. The molecule has 0 aliphatic heterocycles. The number of nitrogens with one attached hydrogen (secondary N) is 2. The van der Waals surface area contributed by atoms with Crippen molar-refractivity contribution in [1.29, 1.82) is 0 Å². The molecule has 0 fully saturated rings. The van der Waals surface area contributed by atoms with Crippen LogP contribution in [0.15, 0.2) is 29.3 Å². The topological polar surface area (TPSA) is 48.9 Å². The summed E-state index contributed by atoms with van der Waals surface area (Å²) in [7, 11) is 7.34. The molecule has 0 saturated heterocycles. The van der Waals surface area contributed by atoms with E-state index < -0.39 is 0 Å². The van der Waals surface area contributed by atoms with E-state index in [-0.39, 0.29) is 41.9 Å². The van der Waals surface area contributed by atoms with E-state index in [1.807, 2.05) is 32.0 Å². The first-order chi connectivity index (χ1) is 10.5. The van der Waals surface area contributed by atoms with E-state index in [1.54, 1.807) is 26.3 Å². The van der Waals surface area contributed by atoms with Crippen LogP contribution in [0.3, 0.4) is 0 Å². The molecule has 5 nitrogen and oxygen atoms in total. The van der Waals surface area contributed by atoms with E-state index in [9.17, 15) is 4.39 Å². The van der Waals surface area contributed by atoms with E-state index in [2.05, 4.69) is 15.6 Å². The maximum Gasteiger partial charge on any atom is 0.191 e. The van der Waals surface area contributed by atoms with Gasteiger partial charge in [0.05, 0.1) is 12.6 Å². The zero-order valence-electron chi connectivity index (χ0n) is 14.5. The van der Waals surface area contributed by atoms with Crippen LogP contribution in [0.1, 0.15) is 18.5 Å². The standard InChI is InChI=1S/C16H27FN4O.HI/c1-12(11-22-5)20-16(18-2)19-10-15(21(3)4)13-7-6-8-14(17)9-13;/h6-9,12,15H,10-11H2,1-5H3,(H2,18,19,20);1H. The second-order valence-corrected chi connectivity index (χ2v) is 5.49. The predicted octanol–water partition coefficient (Wildman–Crippen LogP) is 2.25. The van der Waals surface area contributed by atoms with Crippen LogP contribution in [-0.4, -0.2) is 58.3 Å². The van der Waals surface area contributed by atoms with Gasteiger partial charge < -0.3 is 20.3 Å². The summed E-state index contributed by atoms with van der Waals surface area (Å²) in [5.74, 6) is 0.480. The Hall–Kier alpha value is -0.930. The van der Waals surface area contributed by atoms with E-state index >= 15 is 0 Å². The minimum absolute atomic E-state index is 0. The minimum Gasteiger partial charge on any atom is -0.383 e. The highest BCUT2D eigenvalue weighted by molar-refractivity contribution is 14.0. The Balaban J connectivity index is 0.00000484. The van der Waals surface area contributed by atoms with Gasteiger partial charge in [0.15, 0.2) is 5.96 Å². The monoisotopic (exact) mass is 438 g/mol. The van der Waals surface area contributed by atoms with Crippen LogP contribution in [0.5, 0.6) is 0 Å². The van der Waals surface area contributed by atoms with Crippen LogP contribution >= 0.6 is 24.0 Å². The third-order valence-electron chi connectivity index (χ3n) is 3.34. The Morgan fingerprint density at radius 3 is 2.61 bits per heavy atom. The summed E-state index contributed by atoms with van der Waals surface area (Å²) in [6.07, 6.45) is 0. The van der Waals surface area contributed by atoms with Crippen molar-refractivity contribution in [3.8, 4) is 0 Å². The number of likely N-dealkylation sites (N-methyl/N-ethyl adjacent to an activating group) is 1. The molecule has 2 atom stereocenters. The van der Waals surface area contributed by atoms with Crippen LogP contribution in [0.25, 0.3) is 0 Å². The summed E-state index contributed by atoms with van der Waals surface area (Å²) in [4.78, 5) is 6.25. The van der Waals surface area contributed by atoms with Gasteiger partial charge >= 0.3 is 0 Å². The molecule has 7 heteroatoms. The SMILES string of the molecule is CN=C(NCC(c1cccc(F)c1)N(C)C)NC(C)COC.I. The molecule has 0 spiro atoms. The molecular weight excluding hydrogens is 410 g/mol. The molecule has 0 bridgehead atoms. The number of hydrogen-bond acceptors (Lipinski definition) is 3. The van der Waals surface area contributed by atoms with Crippen LogP contribution in [0, 0.1) is 5.82 Å². The van der Waals surface area contributed by atoms with E-state index in [0.29, 0.717) is 19.1 Å². The highest BCUT2D eigenvalue weighted by Crippen LogP contribution is 2.18. The molecule has 23 heavy (non-hydrogen) atoms.